The van der Waals surface area contributed by atoms with Gasteiger partial charge in [-0.2, -0.15) is 0 Å². The quantitative estimate of drug-likeness (QED) is 0.691. The summed E-state index contributed by atoms with van der Waals surface area (Å²) in [7, 11) is -2.07. The molecule has 2 fully saturated rings. The number of carbonyl (C=O) groups is 1. The van der Waals surface area contributed by atoms with Gasteiger partial charge in [-0.1, -0.05) is 20.8 Å². The van der Waals surface area contributed by atoms with E-state index in [0.717, 1.165) is 0 Å². The first kappa shape index (κ1) is 21.0. The summed E-state index contributed by atoms with van der Waals surface area (Å²) in [6, 6.07) is 0.793. The summed E-state index contributed by atoms with van der Waals surface area (Å²) in [4.78, 5) is 37.7. The van der Waals surface area contributed by atoms with Crippen molar-refractivity contribution in [2.45, 2.75) is 69.8 Å². The zero-order valence-electron chi connectivity index (χ0n) is 17.2. The van der Waals surface area contributed by atoms with Crippen LogP contribution in [0, 0.1) is 0 Å². The Morgan fingerprint density at radius 3 is 2.68 bits per heavy atom. The Morgan fingerprint density at radius 1 is 1.43 bits per heavy atom. The summed E-state index contributed by atoms with van der Waals surface area (Å²) in [6.45, 7) is 12.7. The smallest absolute Gasteiger partial charge is 0.330 e. The number of aromatic nitrogens is 2. The lowest BCUT2D eigenvalue weighted by atomic mass is 9.97. The predicted molar refractivity (Wildman–Crippen MR) is 105 cm³/mol. The summed E-state index contributed by atoms with van der Waals surface area (Å²) in [6.07, 6.45) is 0.0526. The van der Waals surface area contributed by atoms with Gasteiger partial charge < -0.3 is 19.2 Å². The van der Waals surface area contributed by atoms with E-state index in [1.54, 1.807) is 0 Å². The van der Waals surface area contributed by atoms with Crippen LogP contribution < -0.4 is 16.6 Å². The second-order valence-corrected chi connectivity index (χ2v) is 13.9. The van der Waals surface area contributed by atoms with E-state index in [-0.39, 0.29) is 24.2 Å². The van der Waals surface area contributed by atoms with Crippen LogP contribution in [0.15, 0.2) is 21.9 Å². The fourth-order valence-electron chi connectivity index (χ4n) is 3.34. The summed E-state index contributed by atoms with van der Waals surface area (Å²) < 4.78 is 19.9. The molecular formula is C18H29N3O6Si. The highest BCUT2D eigenvalue weighted by molar-refractivity contribution is 6.74. The fourth-order valence-corrected chi connectivity index (χ4v) is 4.38. The van der Waals surface area contributed by atoms with Crippen LogP contribution in [0.5, 0.6) is 0 Å². The Labute approximate surface area is 164 Å². The van der Waals surface area contributed by atoms with Gasteiger partial charge in [-0.25, -0.2) is 4.79 Å². The number of hydrogen-bond donors (Lipinski definition) is 2. The molecule has 2 N–H and O–H groups in total. The Kier molecular flexibility index (Phi) is 5.20. The number of rotatable bonds is 5. The molecule has 1 aromatic heterocycles. The van der Waals surface area contributed by atoms with E-state index >= 15 is 0 Å². The first-order valence-corrected chi connectivity index (χ1v) is 12.3. The summed E-state index contributed by atoms with van der Waals surface area (Å²) in [5, 5.41) is 2.92. The molecule has 0 aromatic carbocycles. The largest absolute Gasteiger partial charge is 0.414 e. The van der Waals surface area contributed by atoms with Crippen LogP contribution in [0.3, 0.4) is 0 Å². The van der Waals surface area contributed by atoms with Crippen molar-refractivity contribution in [2.24, 2.45) is 0 Å². The molecule has 0 spiro atoms. The Morgan fingerprint density at radius 2 is 2.11 bits per heavy atom. The third-order valence-electron chi connectivity index (χ3n) is 6.02. The van der Waals surface area contributed by atoms with Gasteiger partial charge in [0.2, 0.25) is 5.91 Å². The zero-order valence-corrected chi connectivity index (χ0v) is 18.2. The standard InChI is InChI=1S/C18H29N3O6Si/c1-11(22)19-14-13-15(21-8-7-12(23)20-16(21)24)27-18(14,9-25-13)10-26-28(5,6)17(2,3)4/h7-8,13-15H,9-10H2,1-6H3,(H,19,22)(H,20,23,24)/t13-,14+,15-,18-/m1/s1. The number of ether oxygens (including phenoxy) is 2. The third-order valence-corrected chi connectivity index (χ3v) is 10.5. The molecule has 0 aliphatic carbocycles. The maximum absolute atomic E-state index is 12.2. The lowest BCUT2D eigenvalue weighted by Crippen LogP contribution is -2.55. The van der Waals surface area contributed by atoms with Crippen LogP contribution in [0.2, 0.25) is 18.1 Å². The van der Waals surface area contributed by atoms with E-state index in [1.165, 1.54) is 23.8 Å². The van der Waals surface area contributed by atoms with Crippen molar-refractivity contribution in [1.29, 1.82) is 0 Å². The number of carbonyl (C=O) groups excluding carboxylic acids is 1. The molecule has 0 radical (unpaired) electrons. The minimum atomic E-state index is -2.07. The van der Waals surface area contributed by atoms with Crippen molar-refractivity contribution in [1.82, 2.24) is 14.9 Å². The Hall–Kier alpha value is -1.75. The average Bonchev–Trinajstić information content (AvgIpc) is 3.04. The van der Waals surface area contributed by atoms with Crippen molar-refractivity contribution in [3.05, 3.63) is 33.1 Å². The maximum Gasteiger partial charge on any atom is 0.330 e. The lowest BCUT2D eigenvalue weighted by molar-refractivity contribution is -0.184. The second-order valence-electron chi connectivity index (χ2n) is 9.09. The second kappa shape index (κ2) is 6.94. The normalized spacial score (nSPS) is 29.9. The molecule has 2 bridgehead atoms. The van der Waals surface area contributed by atoms with Crippen LogP contribution in [0.25, 0.3) is 0 Å². The molecule has 156 valence electrons. The molecule has 1 amide bonds. The summed E-state index contributed by atoms with van der Waals surface area (Å²) in [5.74, 6) is -0.213. The highest BCUT2D eigenvalue weighted by Gasteiger charge is 2.63. The molecule has 10 heteroatoms. The fraction of sp³-hybridized carbons (Fsp3) is 0.722. The molecule has 2 saturated heterocycles. The van der Waals surface area contributed by atoms with E-state index in [0.29, 0.717) is 0 Å². The van der Waals surface area contributed by atoms with Crippen molar-refractivity contribution >= 4 is 14.2 Å². The topological polar surface area (TPSA) is 112 Å². The number of amides is 1. The minimum absolute atomic E-state index is 0.0138. The van der Waals surface area contributed by atoms with E-state index in [1.807, 2.05) is 0 Å². The average molecular weight is 412 g/mol. The van der Waals surface area contributed by atoms with E-state index in [4.69, 9.17) is 13.9 Å². The SMILES string of the molecule is CC(=O)N[C@H]1[C@H]2OC[C@]1(CO[Si](C)(C)C(C)(C)C)O[C@H]2n1ccc(=O)[nH]c1=O. The maximum atomic E-state index is 12.2. The van der Waals surface area contributed by atoms with Crippen LogP contribution in [0.1, 0.15) is 33.9 Å². The highest BCUT2D eigenvalue weighted by Crippen LogP contribution is 2.46. The lowest BCUT2D eigenvalue weighted by Gasteiger charge is -2.40. The van der Waals surface area contributed by atoms with Crippen molar-refractivity contribution in [2.75, 3.05) is 13.2 Å². The molecule has 4 atom stereocenters. The molecule has 0 unspecified atom stereocenters. The molecule has 2 aliphatic heterocycles. The molecule has 28 heavy (non-hydrogen) atoms. The monoisotopic (exact) mass is 411 g/mol. The van der Waals surface area contributed by atoms with Crippen molar-refractivity contribution in [3.8, 4) is 0 Å². The van der Waals surface area contributed by atoms with E-state index in [2.05, 4.69) is 44.2 Å². The number of fused-ring (bicyclic) bond motifs is 2. The van der Waals surface area contributed by atoms with Crippen LogP contribution in [0.4, 0.5) is 0 Å². The molecule has 3 heterocycles. The minimum Gasteiger partial charge on any atom is -0.414 e. The number of nitrogens with zero attached hydrogens (tertiary/aromatic N) is 1. The van der Waals surface area contributed by atoms with Crippen molar-refractivity contribution in [3.63, 3.8) is 0 Å². The van der Waals surface area contributed by atoms with Gasteiger partial charge in [0.1, 0.15) is 11.7 Å². The van der Waals surface area contributed by atoms with Gasteiger partial charge in [0.05, 0.1) is 19.3 Å². The molecule has 9 nitrogen and oxygen atoms in total. The van der Waals surface area contributed by atoms with Gasteiger partial charge in [-0.3, -0.25) is 19.1 Å². The van der Waals surface area contributed by atoms with Gasteiger partial charge in [-0.15, -0.1) is 0 Å². The number of nitrogens with one attached hydrogen (secondary N) is 2. The van der Waals surface area contributed by atoms with Crippen molar-refractivity contribution < 1.29 is 18.7 Å². The van der Waals surface area contributed by atoms with Gasteiger partial charge in [-0.05, 0) is 18.1 Å². The first-order valence-electron chi connectivity index (χ1n) is 9.38. The van der Waals surface area contributed by atoms with E-state index < -0.39 is 43.5 Å². The van der Waals surface area contributed by atoms with Crippen LogP contribution in [-0.4, -0.2) is 54.7 Å². The first-order chi connectivity index (χ1) is 12.9. The summed E-state index contributed by atoms with van der Waals surface area (Å²) in [5.41, 5.74) is -1.97. The number of H-pyrrole nitrogens is 1. The third kappa shape index (κ3) is 3.61. The van der Waals surface area contributed by atoms with Gasteiger partial charge in [0.25, 0.3) is 5.56 Å². The Balaban J connectivity index is 1.91. The highest BCUT2D eigenvalue weighted by atomic mass is 28.4. The van der Waals surface area contributed by atoms with Gasteiger partial charge in [0, 0.05) is 19.2 Å². The van der Waals surface area contributed by atoms with Gasteiger partial charge >= 0.3 is 5.69 Å². The molecular weight excluding hydrogens is 382 g/mol. The van der Waals surface area contributed by atoms with E-state index in [9.17, 15) is 14.4 Å². The van der Waals surface area contributed by atoms with Gasteiger partial charge in [0.15, 0.2) is 14.5 Å². The predicted octanol–water partition coefficient (Wildman–Crippen LogP) is 0.729. The molecule has 0 saturated carbocycles. The molecule has 3 rings (SSSR count). The summed E-state index contributed by atoms with van der Waals surface area (Å²) >= 11 is 0. The van der Waals surface area contributed by atoms with Crippen LogP contribution in [-0.2, 0) is 18.7 Å². The molecule has 1 aromatic rings. The zero-order chi connectivity index (χ0) is 20.9. The molecule has 2 aliphatic rings. The number of hydrogen-bond acceptors (Lipinski definition) is 6. The number of aromatic amines is 1. The van der Waals surface area contributed by atoms with Crippen LogP contribution >= 0.6 is 0 Å². The Bertz CT molecular complexity index is 873.